The minimum Gasteiger partial charge on any atom is -0.494 e. The fourth-order valence-electron chi connectivity index (χ4n) is 1.11. The molecule has 0 saturated heterocycles. The SMILES string of the molecule is Cn1c(O)c2c(c1O)C(=N)N=N2. The molecule has 0 atom stereocenters. The topological polar surface area (TPSA) is 94.0 Å². The van der Waals surface area contributed by atoms with Gasteiger partial charge >= 0.3 is 0 Å². The van der Waals surface area contributed by atoms with Crippen molar-refractivity contribution in [3.63, 3.8) is 0 Å². The molecule has 3 N–H and O–H groups in total. The summed E-state index contributed by atoms with van der Waals surface area (Å²) in [7, 11) is 1.48. The van der Waals surface area contributed by atoms with Gasteiger partial charge in [-0.1, -0.05) is 0 Å². The molecule has 0 radical (unpaired) electrons. The third-order valence-corrected chi connectivity index (χ3v) is 1.79. The normalized spacial score (nSPS) is 13.9. The number of aromatic hydroxyl groups is 2. The van der Waals surface area contributed by atoms with Crippen molar-refractivity contribution < 1.29 is 10.2 Å². The molecule has 2 heterocycles. The molecule has 0 amide bonds. The van der Waals surface area contributed by atoms with Crippen LogP contribution < -0.4 is 0 Å². The standard InChI is InChI=1S/C6H6N4O2/c1-10-5(11)2-3(6(10)12)8-9-4(2)7/h7,11-12H,1H3. The van der Waals surface area contributed by atoms with Crippen LogP contribution in [0.5, 0.6) is 11.8 Å². The molecule has 0 aliphatic carbocycles. The highest BCUT2D eigenvalue weighted by Gasteiger charge is 2.27. The van der Waals surface area contributed by atoms with Gasteiger partial charge in [0.05, 0.1) is 0 Å². The zero-order valence-corrected chi connectivity index (χ0v) is 6.24. The zero-order valence-electron chi connectivity index (χ0n) is 6.24. The molecule has 1 aromatic heterocycles. The fourth-order valence-corrected chi connectivity index (χ4v) is 1.11. The number of aromatic nitrogens is 1. The van der Waals surface area contributed by atoms with Crippen molar-refractivity contribution >= 4 is 11.5 Å². The molecule has 0 unspecified atom stereocenters. The minimum absolute atomic E-state index is 0.126. The van der Waals surface area contributed by atoms with E-state index >= 15 is 0 Å². The van der Waals surface area contributed by atoms with Gasteiger partial charge in [-0.05, 0) is 0 Å². The van der Waals surface area contributed by atoms with Crippen molar-refractivity contribution in [3.05, 3.63) is 5.56 Å². The Morgan fingerprint density at radius 2 is 1.92 bits per heavy atom. The van der Waals surface area contributed by atoms with Crippen LogP contribution in [-0.4, -0.2) is 20.6 Å². The number of nitrogens with zero attached hydrogens (tertiary/aromatic N) is 3. The molecule has 6 heteroatoms. The van der Waals surface area contributed by atoms with Gasteiger partial charge in [-0.15, -0.1) is 10.2 Å². The van der Waals surface area contributed by atoms with Crippen LogP contribution in [0.2, 0.25) is 0 Å². The first-order valence-electron chi connectivity index (χ1n) is 3.24. The number of nitrogens with one attached hydrogen (secondary N) is 1. The van der Waals surface area contributed by atoms with Gasteiger partial charge < -0.3 is 10.2 Å². The highest BCUT2D eigenvalue weighted by atomic mass is 16.3. The van der Waals surface area contributed by atoms with E-state index in [9.17, 15) is 10.2 Å². The van der Waals surface area contributed by atoms with Crippen molar-refractivity contribution in [1.82, 2.24) is 4.57 Å². The average molecular weight is 166 g/mol. The maximum atomic E-state index is 9.35. The van der Waals surface area contributed by atoms with Crippen molar-refractivity contribution in [2.75, 3.05) is 0 Å². The molecule has 6 nitrogen and oxygen atoms in total. The Hall–Kier alpha value is -1.85. The monoisotopic (exact) mass is 166 g/mol. The first kappa shape index (κ1) is 6.84. The second-order valence-corrected chi connectivity index (χ2v) is 2.48. The fraction of sp³-hybridized carbons (Fsp3) is 0.167. The molecule has 1 aliphatic heterocycles. The smallest absolute Gasteiger partial charge is 0.223 e. The Morgan fingerprint density at radius 3 is 2.50 bits per heavy atom. The Labute approximate surface area is 67.3 Å². The predicted molar refractivity (Wildman–Crippen MR) is 40.1 cm³/mol. The molecule has 0 spiro atoms. The Bertz CT molecular complexity index is 404. The summed E-state index contributed by atoms with van der Waals surface area (Å²) in [6.07, 6.45) is 0. The lowest BCUT2D eigenvalue weighted by molar-refractivity contribution is 0.386. The van der Waals surface area contributed by atoms with E-state index in [0.29, 0.717) is 0 Å². The summed E-state index contributed by atoms with van der Waals surface area (Å²) in [6.45, 7) is 0. The van der Waals surface area contributed by atoms with E-state index in [-0.39, 0.29) is 28.8 Å². The first-order valence-corrected chi connectivity index (χ1v) is 3.24. The maximum Gasteiger partial charge on any atom is 0.223 e. The predicted octanol–water partition coefficient (Wildman–Crippen LogP) is 0.859. The number of amidine groups is 1. The second-order valence-electron chi connectivity index (χ2n) is 2.48. The van der Waals surface area contributed by atoms with Crippen LogP contribution in [0.1, 0.15) is 5.56 Å². The molecule has 2 rings (SSSR count). The molecular weight excluding hydrogens is 160 g/mol. The third-order valence-electron chi connectivity index (χ3n) is 1.79. The molecule has 1 aromatic rings. The van der Waals surface area contributed by atoms with Gasteiger partial charge in [-0.3, -0.25) is 9.98 Å². The summed E-state index contributed by atoms with van der Waals surface area (Å²) in [6, 6.07) is 0. The molecule has 0 fully saturated rings. The number of azo groups is 1. The van der Waals surface area contributed by atoms with Crippen LogP contribution in [0.4, 0.5) is 5.69 Å². The summed E-state index contributed by atoms with van der Waals surface area (Å²) >= 11 is 0. The number of hydrogen-bond donors (Lipinski definition) is 3. The molecule has 12 heavy (non-hydrogen) atoms. The van der Waals surface area contributed by atoms with E-state index in [2.05, 4.69) is 10.2 Å². The third kappa shape index (κ3) is 0.565. The Balaban J connectivity index is 2.82. The van der Waals surface area contributed by atoms with E-state index in [1.807, 2.05) is 0 Å². The quantitative estimate of drug-likeness (QED) is 0.533. The van der Waals surface area contributed by atoms with Gasteiger partial charge in [-0.25, -0.2) is 0 Å². The maximum absolute atomic E-state index is 9.35. The highest BCUT2D eigenvalue weighted by molar-refractivity contribution is 6.07. The summed E-state index contributed by atoms with van der Waals surface area (Å²) in [5.74, 6) is -0.482. The van der Waals surface area contributed by atoms with Crippen molar-refractivity contribution in [1.29, 1.82) is 5.41 Å². The summed E-state index contributed by atoms with van der Waals surface area (Å²) in [4.78, 5) is 0. The van der Waals surface area contributed by atoms with Gasteiger partial charge in [0.1, 0.15) is 5.56 Å². The Morgan fingerprint density at radius 1 is 1.25 bits per heavy atom. The lowest BCUT2D eigenvalue weighted by Gasteiger charge is -1.96. The molecule has 1 aliphatic rings. The van der Waals surface area contributed by atoms with Crippen LogP contribution in [0.25, 0.3) is 0 Å². The van der Waals surface area contributed by atoms with Crippen molar-refractivity contribution in [3.8, 4) is 11.8 Å². The zero-order chi connectivity index (χ0) is 8.88. The van der Waals surface area contributed by atoms with Gasteiger partial charge in [0.2, 0.25) is 11.8 Å². The second kappa shape index (κ2) is 1.84. The Kier molecular flexibility index (Phi) is 1.05. The van der Waals surface area contributed by atoms with Crippen molar-refractivity contribution in [2.45, 2.75) is 0 Å². The van der Waals surface area contributed by atoms with Gasteiger partial charge in [-0.2, -0.15) is 0 Å². The molecule has 0 aromatic carbocycles. The van der Waals surface area contributed by atoms with E-state index < -0.39 is 0 Å². The van der Waals surface area contributed by atoms with Crippen LogP contribution >= 0.6 is 0 Å². The highest BCUT2D eigenvalue weighted by Crippen LogP contribution is 2.43. The van der Waals surface area contributed by atoms with E-state index in [1.165, 1.54) is 7.05 Å². The van der Waals surface area contributed by atoms with Gasteiger partial charge in [0, 0.05) is 7.05 Å². The van der Waals surface area contributed by atoms with Crippen LogP contribution in [-0.2, 0) is 7.05 Å². The average Bonchev–Trinajstić information content (AvgIpc) is 2.51. The van der Waals surface area contributed by atoms with Crippen LogP contribution in [0, 0.1) is 5.41 Å². The molecule has 62 valence electrons. The van der Waals surface area contributed by atoms with Crippen LogP contribution in [0.3, 0.4) is 0 Å². The molecular formula is C6H6N4O2. The molecule has 0 saturated carbocycles. The summed E-state index contributed by atoms with van der Waals surface area (Å²) < 4.78 is 1.15. The summed E-state index contributed by atoms with van der Waals surface area (Å²) in [5.41, 5.74) is 0.356. The lowest BCUT2D eigenvalue weighted by Crippen LogP contribution is -1.90. The van der Waals surface area contributed by atoms with Crippen LogP contribution in [0.15, 0.2) is 10.2 Å². The van der Waals surface area contributed by atoms with Gasteiger partial charge in [0.15, 0.2) is 11.5 Å². The molecule has 0 bridgehead atoms. The van der Waals surface area contributed by atoms with E-state index in [0.717, 1.165) is 4.57 Å². The van der Waals surface area contributed by atoms with E-state index in [1.54, 1.807) is 0 Å². The van der Waals surface area contributed by atoms with E-state index in [4.69, 9.17) is 5.41 Å². The number of fused-ring (bicyclic) bond motifs is 1. The largest absolute Gasteiger partial charge is 0.494 e. The first-order chi connectivity index (χ1) is 5.63. The number of rotatable bonds is 0. The minimum atomic E-state index is -0.183. The lowest BCUT2D eigenvalue weighted by atomic mass is 10.3. The van der Waals surface area contributed by atoms with Crippen molar-refractivity contribution in [2.24, 2.45) is 17.3 Å². The van der Waals surface area contributed by atoms with Gasteiger partial charge in [0.25, 0.3) is 0 Å². The summed E-state index contributed by atoms with van der Waals surface area (Å²) in [5, 5.41) is 32.8. The number of hydrogen-bond acceptors (Lipinski definition) is 4.